The molecule has 0 spiro atoms. The summed E-state index contributed by atoms with van der Waals surface area (Å²) in [5.41, 5.74) is 7.03. The van der Waals surface area contributed by atoms with Crippen LogP contribution in [0.5, 0.6) is 0 Å². The van der Waals surface area contributed by atoms with Gasteiger partial charge in [0.1, 0.15) is 0 Å². The van der Waals surface area contributed by atoms with Crippen molar-refractivity contribution < 1.29 is 4.79 Å². The summed E-state index contributed by atoms with van der Waals surface area (Å²) in [6.07, 6.45) is 1.65. The normalized spacial score (nSPS) is 11.9. The van der Waals surface area contributed by atoms with Crippen molar-refractivity contribution in [2.24, 2.45) is 5.73 Å². The molecule has 1 rings (SSSR count). The van der Waals surface area contributed by atoms with Gasteiger partial charge in [-0.25, -0.2) is 0 Å². The summed E-state index contributed by atoms with van der Waals surface area (Å²) in [7, 11) is 0. The number of carbonyl (C=O) groups is 1. The number of rotatable bonds is 5. The Kier molecular flexibility index (Phi) is 5.56. The van der Waals surface area contributed by atoms with E-state index in [9.17, 15) is 4.79 Å². The molecule has 3 N–H and O–H groups in total. The highest BCUT2D eigenvalue weighted by atomic mass is 35.5. The Morgan fingerprint density at radius 1 is 1.56 bits per heavy atom. The van der Waals surface area contributed by atoms with Crippen molar-refractivity contribution in [1.82, 2.24) is 5.32 Å². The van der Waals surface area contributed by atoms with Crippen LogP contribution in [0.15, 0.2) is 18.2 Å². The van der Waals surface area contributed by atoms with Crippen LogP contribution >= 0.6 is 23.8 Å². The van der Waals surface area contributed by atoms with Crippen LogP contribution in [-0.2, 0) is 0 Å². The molecule has 0 heterocycles. The Hall–Kier alpha value is -1.13. The zero-order chi connectivity index (χ0) is 13.7. The largest absolute Gasteiger partial charge is 0.392 e. The van der Waals surface area contributed by atoms with Crippen LogP contribution in [0.25, 0.3) is 0 Å². The van der Waals surface area contributed by atoms with Gasteiger partial charge in [-0.15, -0.1) is 0 Å². The quantitative estimate of drug-likeness (QED) is 0.818. The van der Waals surface area contributed by atoms with Gasteiger partial charge in [0, 0.05) is 10.6 Å². The minimum absolute atomic E-state index is 0.171. The fourth-order valence-corrected chi connectivity index (χ4v) is 2.10. The molecule has 0 bridgehead atoms. The van der Waals surface area contributed by atoms with Gasteiger partial charge in [0.15, 0.2) is 0 Å². The van der Waals surface area contributed by atoms with E-state index in [0.29, 0.717) is 15.6 Å². The number of aryl methyl sites for hydroxylation is 1. The topological polar surface area (TPSA) is 55.1 Å². The minimum Gasteiger partial charge on any atom is -0.392 e. The number of thiocarbonyl (C=S) groups is 1. The van der Waals surface area contributed by atoms with Crippen molar-refractivity contribution in [3.63, 3.8) is 0 Å². The number of hydrogen-bond acceptors (Lipinski definition) is 2. The van der Waals surface area contributed by atoms with Crippen molar-refractivity contribution in [3.05, 3.63) is 34.3 Å². The molecule has 0 saturated carbocycles. The van der Waals surface area contributed by atoms with Crippen LogP contribution < -0.4 is 11.1 Å². The van der Waals surface area contributed by atoms with Crippen molar-refractivity contribution in [2.45, 2.75) is 32.7 Å². The first kappa shape index (κ1) is 14.9. The predicted octanol–water partition coefficient (Wildman–Crippen LogP) is 2.83. The lowest BCUT2D eigenvalue weighted by atomic mass is 10.1. The van der Waals surface area contributed by atoms with Crippen LogP contribution in [-0.4, -0.2) is 16.9 Å². The molecule has 5 heteroatoms. The molecule has 18 heavy (non-hydrogen) atoms. The van der Waals surface area contributed by atoms with Crippen molar-refractivity contribution in [3.8, 4) is 0 Å². The van der Waals surface area contributed by atoms with E-state index in [1.54, 1.807) is 18.2 Å². The molecule has 0 fully saturated rings. The second-order valence-electron chi connectivity index (χ2n) is 4.18. The first-order valence-corrected chi connectivity index (χ1v) is 6.60. The van der Waals surface area contributed by atoms with Gasteiger partial charge >= 0.3 is 0 Å². The smallest absolute Gasteiger partial charge is 0.252 e. The van der Waals surface area contributed by atoms with E-state index in [-0.39, 0.29) is 11.9 Å². The minimum atomic E-state index is -0.257. The van der Waals surface area contributed by atoms with E-state index in [1.165, 1.54) is 0 Å². The summed E-state index contributed by atoms with van der Waals surface area (Å²) in [6.45, 7) is 3.86. The number of carbonyl (C=O) groups excluding carboxylic acids is 1. The molecule has 1 unspecified atom stereocenters. The highest BCUT2D eigenvalue weighted by molar-refractivity contribution is 7.80. The van der Waals surface area contributed by atoms with Crippen molar-refractivity contribution in [2.75, 3.05) is 0 Å². The molecule has 0 aliphatic heterocycles. The average Bonchev–Trinajstić information content (AvgIpc) is 2.27. The van der Waals surface area contributed by atoms with Crippen LogP contribution in [0.3, 0.4) is 0 Å². The molecule has 0 aliphatic carbocycles. The van der Waals surface area contributed by atoms with Crippen molar-refractivity contribution in [1.29, 1.82) is 0 Å². The lowest BCUT2D eigenvalue weighted by Gasteiger charge is -2.17. The highest BCUT2D eigenvalue weighted by Gasteiger charge is 2.16. The second-order valence-corrected chi connectivity index (χ2v) is 5.08. The SMILES string of the molecule is CCCC(NC(=O)c1ccc(Cl)cc1C)C(N)=S. The van der Waals surface area contributed by atoms with Gasteiger partial charge in [0.05, 0.1) is 11.0 Å². The van der Waals surface area contributed by atoms with E-state index in [0.717, 1.165) is 18.4 Å². The van der Waals surface area contributed by atoms with Crippen molar-refractivity contribution >= 4 is 34.7 Å². The number of halogens is 1. The number of nitrogens with one attached hydrogen (secondary N) is 1. The molecule has 0 aliphatic rings. The Labute approximate surface area is 118 Å². The average molecular weight is 285 g/mol. The van der Waals surface area contributed by atoms with Gasteiger partial charge < -0.3 is 11.1 Å². The molecule has 0 radical (unpaired) electrons. The van der Waals surface area contributed by atoms with Crippen LogP contribution in [0, 0.1) is 6.92 Å². The van der Waals surface area contributed by atoms with Gasteiger partial charge in [-0.1, -0.05) is 37.2 Å². The van der Waals surface area contributed by atoms with Gasteiger partial charge in [0.2, 0.25) is 0 Å². The molecule has 1 atom stereocenters. The molecule has 1 aromatic rings. The first-order chi connectivity index (χ1) is 8.45. The van der Waals surface area contributed by atoms with Gasteiger partial charge in [-0.05, 0) is 37.1 Å². The third kappa shape index (κ3) is 3.96. The molecule has 98 valence electrons. The van der Waals surface area contributed by atoms with Crippen LogP contribution in [0.1, 0.15) is 35.7 Å². The van der Waals surface area contributed by atoms with E-state index in [2.05, 4.69) is 5.32 Å². The molecule has 3 nitrogen and oxygen atoms in total. The first-order valence-electron chi connectivity index (χ1n) is 5.82. The number of amides is 1. The molecular weight excluding hydrogens is 268 g/mol. The summed E-state index contributed by atoms with van der Waals surface area (Å²) in [4.78, 5) is 12.4. The molecular formula is C13H17ClN2OS. The van der Waals surface area contributed by atoms with Gasteiger partial charge in [-0.2, -0.15) is 0 Å². The van der Waals surface area contributed by atoms with E-state index in [1.807, 2.05) is 13.8 Å². The molecule has 0 saturated heterocycles. The van der Waals surface area contributed by atoms with Gasteiger partial charge in [-0.3, -0.25) is 4.79 Å². The zero-order valence-electron chi connectivity index (χ0n) is 10.5. The van der Waals surface area contributed by atoms with E-state index >= 15 is 0 Å². The maximum absolute atomic E-state index is 12.1. The lowest BCUT2D eigenvalue weighted by molar-refractivity contribution is 0.0945. The number of nitrogens with two attached hydrogens (primary N) is 1. The maximum atomic E-state index is 12.1. The van der Waals surface area contributed by atoms with Crippen LogP contribution in [0.2, 0.25) is 5.02 Å². The van der Waals surface area contributed by atoms with Crippen LogP contribution in [0.4, 0.5) is 0 Å². The summed E-state index contributed by atoms with van der Waals surface area (Å²) in [5.74, 6) is -0.171. The standard InChI is InChI=1S/C13H17ClN2OS/c1-3-4-11(12(15)18)16-13(17)10-6-5-9(14)7-8(10)2/h5-7,11H,3-4H2,1-2H3,(H2,15,18)(H,16,17). The number of benzene rings is 1. The van der Waals surface area contributed by atoms with E-state index in [4.69, 9.17) is 29.6 Å². The third-order valence-electron chi connectivity index (χ3n) is 2.66. The second kappa shape index (κ2) is 6.71. The Morgan fingerprint density at radius 2 is 2.22 bits per heavy atom. The predicted molar refractivity (Wildman–Crippen MR) is 79.1 cm³/mol. The Morgan fingerprint density at radius 3 is 2.72 bits per heavy atom. The Balaban J connectivity index is 2.83. The summed E-state index contributed by atoms with van der Waals surface area (Å²) in [6, 6.07) is 4.90. The fourth-order valence-electron chi connectivity index (χ4n) is 1.69. The zero-order valence-corrected chi connectivity index (χ0v) is 12.1. The molecule has 0 aromatic heterocycles. The maximum Gasteiger partial charge on any atom is 0.252 e. The molecule has 1 aromatic carbocycles. The third-order valence-corrected chi connectivity index (χ3v) is 3.18. The highest BCUT2D eigenvalue weighted by Crippen LogP contribution is 2.15. The summed E-state index contributed by atoms with van der Waals surface area (Å²) in [5, 5.41) is 3.46. The molecule has 1 amide bonds. The summed E-state index contributed by atoms with van der Waals surface area (Å²) < 4.78 is 0. The lowest BCUT2D eigenvalue weighted by Crippen LogP contribution is -2.43. The van der Waals surface area contributed by atoms with Gasteiger partial charge in [0.25, 0.3) is 5.91 Å². The fraction of sp³-hybridized carbons (Fsp3) is 0.385. The summed E-state index contributed by atoms with van der Waals surface area (Å²) >= 11 is 10.8. The monoisotopic (exact) mass is 284 g/mol. The van der Waals surface area contributed by atoms with E-state index < -0.39 is 0 Å². The number of hydrogen-bond donors (Lipinski definition) is 2. The Bertz CT molecular complexity index is 462.